The van der Waals surface area contributed by atoms with Crippen molar-refractivity contribution < 1.29 is 0 Å². The van der Waals surface area contributed by atoms with Crippen molar-refractivity contribution in [1.29, 1.82) is 0 Å². The Labute approximate surface area is 97.7 Å². The van der Waals surface area contributed by atoms with Crippen molar-refractivity contribution in [2.75, 3.05) is 5.32 Å². The number of aromatic nitrogens is 2. The van der Waals surface area contributed by atoms with E-state index in [9.17, 15) is 0 Å². The van der Waals surface area contributed by atoms with Crippen LogP contribution < -0.4 is 5.32 Å². The molecule has 0 aromatic carbocycles. The minimum atomic E-state index is 0.562. The van der Waals surface area contributed by atoms with Gasteiger partial charge >= 0.3 is 0 Å². The van der Waals surface area contributed by atoms with Crippen LogP contribution in [0.4, 0.5) is 5.95 Å². The molecule has 0 radical (unpaired) electrons. The Hall–Kier alpha value is -1.12. The lowest BCUT2D eigenvalue weighted by molar-refractivity contribution is 0.501. The SMILES string of the molecule is Cc1ccnc(NC2CCCC(C)CC2)n1. The standard InChI is InChI=1S/C13H21N3/c1-10-4-3-5-12(7-6-10)16-13-14-9-8-11(2)15-13/h8-10,12H,3-7H2,1-2H3,(H,14,15,16). The van der Waals surface area contributed by atoms with Gasteiger partial charge in [0.05, 0.1) is 0 Å². The maximum Gasteiger partial charge on any atom is 0.223 e. The highest BCUT2D eigenvalue weighted by atomic mass is 15.1. The second-order valence-corrected chi connectivity index (χ2v) is 4.98. The van der Waals surface area contributed by atoms with Crippen LogP contribution in [0.25, 0.3) is 0 Å². The maximum absolute atomic E-state index is 4.39. The van der Waals surface area contributed by atoms with Crippen molar-refractivity contribution >= 4 is 5.95 Å². The van der Waals surface area contributed by atoms with E-state index in [0.29, 0.717) is 6.04 Å². The molecule has 1 aliphatic carbocycles. The second kappa shape index (κ2) is 5.28. The molecule has 1 N–H and O–H groups in total. The average molecular weight is 219 g/mol. The third kappa shape index (κ3) is 3.19. The van der Waals surface area contributed by atoms with E-state index < -0.39 is 0 Å². The molecule has 2 unspecified atom stereocenters. The number of nitrogens with zero attached hydrogens (tertiary/aromatic N) is 2. The average Bonchev–Trinajstić information content (AvgIpc) is 2.44. The van der Waals surface area contributed by atoms with Gasteiger partial charge in [-0.15, -0.1) is 0 Å². The summed E-state index contributed by atoms with van der Waals surface area (Å²) in [5.74, 6) is 1.67. The Bertz CT molecular complexity index is 338. The van der Waals surface area contributed by atoms with Gasteiger partial charge in [-0.1, -0.05) is 19.8 Å². The molecule has 1 fully saturated rings. The van der Waals surface area contributed by atoms with Gasteiger partial charge in [-0.05, 0) is 38.2 Å². The molecule has 88 valence electrons. The fourth-order valence-corrected chi connectivity index (χ4v) is 2.33. The molecule has 0 bridgehead atoms. The van der Waals surface area contributed by atoms with Crippen molar-refractivity contribution in [3.05, 3.63) is 18.0 Å². The highest BCUT2D eigenvalue weighted by Crippen LogP contribution is 2.24. The first-order chi connectivity index (χ1) is 7.74. The topological polar surface area (TPSA) is 37.8 Å². The Morgan fingerprint density at radius 2 is 2.12 bits per heavy atom. The van der Waals surface area contributed by atoms with Crippen LogP contribution in [0, 0.1) is 12.8 Å². The molecule has 1 saturated carbocycles. The van der Waals surface area contributed by atoms with E-state index in [4.69, 9.17) is 0 Å². The summed E-state index contributed by atoms with van der Waals surface area (Å²) in [6.07, 6.45) is 8.34. The van der Waals surface area contributed by atoms with Crippen LogP contribution in [0.5, 0.6) is 0 Å². The van der Waals surface area contributed by atoms with E-state index in [2.05, 4.69) is 22.2 Å². The fourth-order valence-electron chi connectivity index (χ4n) is 2.33. The van der Waals surface area contributed by atoms with Gasteiger partial charge < -0.3 is 5.32 Å². The monoisotopic (exact) mass is 219 g/mol. The van der Waals surface area contributed by atoms with Gasteiger partial charge in [-0.25, -0.2) is 9.97 Å². The van der Waals surface area contributed by atoms with E-state index in [1.165, 1.54) is 32.1 Å². The van der Waals surface area contributed by atoms with Crippen LogP contribution in [0.2, 0.25) is 0 Å². The van der Waals surface area contributed by atoms with Crippen molar-refractivity contribution in [3.8, 4) is 0 Å². The molecule has 2 rings (SSSR count). The Balaban J connectivity index is 1.93. The minimum Gasteiger partial charge on any atom is -0.351 e. The number of nitrogens with one attached hydrogen (secondary N) is 1. The molecule has 1 aromatic heterocycles. The summed E-state index contributed by atoms with van der Waals surface area (Å²) in [4.78, 5) is 8.66. The molecule has 1 aromatic rings. The van der Waals surface area contributed by atoms with E-state index in [-0.39, 0.29) is 0 Å². The third-order valence-electron chi connectivity index (χ3n) is 3.39. The summed E-state index contributed by atoms with van der Waals surface area (Å²) in [6, 6.07) is 2.49. The molecular formula is C13H21N3. The number of hydrogen-bond donors (Lipinski definition) is 1. The molecule has 0 spiro atoms. The third-order valence-corrected chi connectivity index (χ3v) is 3.39. The zero-order valence-corrected chi connectivity index (χ0v) is 10.2. The van der Waals surface area contributed by atoms with Crippen LogP contribution in [0.3, 0.4) is 0 Å². The van der Waals surface area contributed by atoms with Gasteiger partial charge in [0.15, 0.2) is 0 Å². The number of hydrogen-bond acceptors (Lipinski definition) is 3. The quantitative estimate of drug-likeness (QED) is 0.776. The molecule has 2 atom stereocenters. The van der Waals surface area contributed by atoms with Gasteiger partial charge in [0, 0.05) is 17.9 Å². The van der Waals surface area contributed by atoms with Gasteiger partial charge in [-0.2, -0.15) is 0 Å². The van der Waals surface area contributed by atoms with Crippen LogP contribution >= 0.6 is 0 Å². The van der Waals surface area contributed by atoms with Crippen molar-refractivity contribution in [2.45, 2.75) is 52.0 Å². The Morgan fingerprint density at radius 1 is 1.25 bits per heavy atom. The fraction of sp³-hybridized carbons (Fsp3) is 0.692. The largest absolute Gasteiger partial charge is 0.351 e. The Kier molecular flexibility index (Phi) is 3.75. The van der Waals surface area contributed by atoms with Crippen LogP contribution in [0.15, 0.2) is 12.3 Å². The molecular weight excluding hydrogens is 198 g/mol. The molecule has 3 heteroatoms. The lowest BCUT2D eigenvalue weighted by atomic mass is 10.0. The first-order valence-electron chi connectivity index (χ1n) is 6.30. The van der Waals surface area contributed by atoms with E-state index in [0.717, 1.165) is 17.6 Å². The zero-order valence-electron chi connectivity index (χ0n) is 10.2. The van der Waals surface area contributed by atoms with E-state index >= 15 is 0 Å². The summed E-state index contributed by atoms with van der Waals surface area (Å²) >= 11 is 0. The summed E-state index contributed by atoms with van der Waals surface area (Å²) < 4.78 is 0. The predicted molar refractivity (Wildman–Crippen MR) is 66.4 cm³/mol. The highest BCUT2D eigenvalue weighted by Gasteiger charge is 2.16. The van der Waals surface area contributed by atoms with Gasteiger partial charge in [-0.3, -0.25) is 0 Å². The minimum absolute atomic E-state index is 0.562. The summed E-state index contributed by atoms with van der Waals surface area (Å²) in [6.45, 7) is 4.35. The van der Waals surface area contributed by atoms with E-state index in [1.807, 2.05) is 19.2 Å². The molecule has 1 heterocycles. The molecule has 16 heavy (non-hydrogen) atoms. The van der Waals surface area contributed by atoms with Crippen LogP contribution in [-0.4, -0.2) is 16.0 Å². The first-order valence-corrected chi connectivity index (χ1v) is 6.30. The highest BCUT2D eigenvalue weighted by molar-refractivity contribution is 5.26. The van der Waals surface area contributed by atoms with Gasteiger partial charge in [0.25, 0.3) is 0 Å². The second-order valence-electron chi connectivity index (χ2n) is 4.98. The number of anilines is 1. The zero-order chi connectivity index (χ0) is 11.4. The summed E-state index contributed by atoms with van der Waals surface area (Å²) in [7, 11) is 0. The van der Waals surface area contributed by atoms with Crippen molar-refractivity contribution in [2.24, 2.45) is 5.92 Å². The smallest absolute Gasteiger partial charge is 0.223 e. The lowest BCUT2D eigenvalue weighted by Gasteiger charge is -2.16. The molecule has 0 amide bonds. The van der Waals surface area contributed by atoms with Crippen LogP contribution in [-0.2, 0) is 0 Å². The molecule has 0 aliphatic heterocycles. The first kappa shape index (κ1) is 11.4. The van der Waals surface area contributed by atoms with Gasteiger partial charge in [0.2, 0.25) is 5.95 Å². The molecule has 0 saturated heterocycles. The maximum atomic E-state index is 4.39. The van der Waals surface area contributed by atoms with Crippen molar-refractivity contribution in [3.63, 3.8) is 0 Å². The molecule has 3 nitrogen and oxygen atoms in total. The normalized spacial score (nSPS) is 26.1. The van der Waals surface area contributed by atoms with Crippen LogP contribution in [0.1, 0.15) is 44.7 Å². The summed E-state index contributed by atoms with van der Waals surface area (Å²) in [5, 5.41) is 3.46. The Morgan fingerprint density at radius 3 is 2.94 bits per heavy atom. The van der Waals surface area contributed by atoms with E-state index in [1.54, 1.807) is 0 Å². The lowest BCUT2D eigenvalue weighted by Crippen LogP contribution is -2.20. The predicted octanol–water partition coefficient (Wildman–Crippen LogP) is 3.17. The molecule has 1 aliphatic rings. The summed E-state index contributed by atoms with van der Waals surface area (Å²) in [5.41, 5.74) is 1.03. The van der Waals surface area contributed by atoms with Gasteiger partial charge in [0.1, 0.15) is 0 Å². The number of aryl methyl sites for hydroxylation is 1. The van der Waals surface area contributed by atoms with Crippen molar-refractivity contribution in [1.82, 2.24) is 9.97 Å². The number of rotatable bonds is 2.